The lowest BCUT2D eigenvalue weighted by molar-refractivity contribution is -0.143. The molecule has 150 valence electrons. The van der Waals surface area contributed by atoms with Crippen LogP contribution in [0.2, 0.25) is 0 Å². The van der Waals surface area contributed by atoms with Crippen LogP contribution in [0.5, 0.6) is 0 Å². The molecule has 0 aromatic heterocycles. The van der Waals surface area contributed by atoms with Crippen molar-refractivity contribution in [2.24, 2.45) is 5.73 Å². The average Bonchev–Trinajstić information content (AvgIpc) is 2.59. The number of carbonyl (C=O) groups is 4. The zero-order valence-corrected chi connectivity index (χ0v) is 15.4. The van der Waals surface area contributed by atoms with Gasteiger partial charge in [0.25, 0.3) is 0 Å². The van der Waals surface area contributed by atoms with Gasteiger partial charge < -0.3 is 37.0 Å². The molecule has 0 fully saturated rings. The predicted octanol–water partition coefficient (Wildman–Crippen LogP) is -3.39. The van der Waals surface area contributed by atoms with Crippen molar-refractivity contribution in [3.05, 3.63) is 0 Å². The SMILES string of the molecule is CSCCC(NC(=O)C(NC(=O)C(CO)NC(=O)CN)C(C)O)C(=O)O. The molecule has 0 saturated heterocycles. The third kappa shape index (κ3) is 8.47. The molecule has 0 aliphatic rings. The minimum Gasteiger partial charge on any atom is -0.480 e. The molecule has 0 bridgehead atoms. The number of nitrogens with one attached hydrogen (secondary N) is 3. The fraction of sp³-hybridized carbons (Fsp3) is 0.714. The van der Waals surface area contributed by atoms with Crippen LogP contribution < -0.4 is 21.7 Å². The number of hydrogen-bond donors (Lipinski definition) is 7. The number of carboxylic acids is 1. The molecule has 0 aromatic rings. The van der Waals surface area contributed by atoms with Crippen LogP contribution in [-0.4, -0.2) is 88.4 Å². The van der Waals surface area contributed by atoms with Crippen LogP contribution >= 0.6 is 11.8 Å². The minimum absolute atomic E-state index is 0.161. The highest BCUT2D eigenvalue weighted by Gasteiger charge is 2.31. The Morgan fingerprint density at radius 1 is 1.08 bits per heavy atom. The summed E-state index contributed by atoms with van der Waals surface area (Å²) < 4.78 is 0. The number of amides is 3. The Bertz CT molecular complexity index is 504. The largest absolute Gasteiger partial charge is 0.480 e. The van der Waals surface area contributed by atoms with E-state index in [-0.39, 0.29) is 6.42 Å². The maximum absolute atomic E-state index is 12.3. The van der Waals surface area contributed by atoms with Gasteiger partial charge in [-0.15, -0.1) is 0 Å². The fourth-order valence-electron chi connectivity index (χ4n) is 1.86. The molecule has 4 atom stereocenters. The van der Waals surface area contributed by atoms with E-state index in [1.165, 1.54) is 18.7 Å². The first-order valence-corrected chi connectivity index (χ1v) is 9.18. The maximum atomic E-state index is 12.3. The van der Waals surface area contributed by atoms with Gasteiger partial charge in [-0.05, 0) is 25.4 Å². The molecule has 11 nitrogen and oxygen atoms in total. The Hall–Kier alpha value is -1.89. The zero-order chi connectivity index (χ0) is 20.3. The zero-order valence-electron chi connectivity index (χ0n) is 14.6. The number of thioether (sulfide) groups is 1. The third-order valence-corrected chi connectivity index (χ3v) is 3.95. The lowest BCUT2D eigenvalue weighted by Crippen LogP contribution is -2.60. The monoisotopic (exact) mass is 394 g/mol. The van der Waals surface area contributed by atoms with Gasteiger partial charge in [-0.3, -0.25) is 14.4 Å². The van der Waals surface area contributed by atoms with E-state index in [2.05, 4.69) is 16.0 Å². The van der Waals surface area contributed by atoms with Crippen LogP contribution in [0, 0.1) is 0 Å². The highest BCUT2D eigenvalue weighted by Crippen LogP contribution is 2.03. The van der Waals surface area contributed by atoms with Gasteiger partial charge in [0.1, 0.15) is 18.1 Å². The summed E-state index contributed by atoms with van der Waals surface area (Å²) in [4.78, 5) is 46.8. The molecule has 12 heteroatoms. The second-order valence-corrected chi connectivity index (χ2v) is 6.40. The topological polar surface area (TPSA) is 191 Å². The van der Waals surface area contributed by atoms with E-state index in [9.17, 15) is 29.4 Å². The van der Waals surface area contributed by atoms with Crippen LogP contribution in [0.4, 0.5) is 0 Å². The number of nitrogens with two attached hydrogens (primary N) is 1. The number of aliphatic hydroxyl groups excluding tert-OH is 2. The maximum Gasteiger partial charge on any atom is 0.326 e. The van der Waals surface area contributed by atoms with Gasteiger partial charge in [-0.25, -0.2) is 4.79 Å². The van der Waals surface area contributed by atoms with E-state index in [1.807, 2.05) is 0 Å². The van der Waals surface area contributed by atoms with Gasteiger partial charge in [-0.2, -0.15) is 11.8 Å². The Labute approximate surface area is 155 Å². The summed E-state index contributed by atoms with van der Waals surface area (Å²) in [5.74, 6) is -3.28. The lowest BCUT2D eigenvalue weighted by Gasteiger charge is -2.25. The standard InChI is InChI=1S/C14H26N4O7S/c1-7(20)11(13(23)17-8(14(24)25)3-4-26-2)18-12(22)9(6-19)16-10(21)5-15/h7-9,11,19-20H,3-6,15H2,1-2H3,(H,16,21)(H,17,23)(H,18,22)(H,24,25). The number of rotatable bonds is 12. The van der Waals surface area contributed by atoms with E-state index in [0.29, 0.717) is 5.75 Å². The molecule has 0 aliphatic carbocycles. The number of aliphatic carboxylic acids is 1. The van der Waals surface area contributed by atoms with Crippen molar-refractivity contribution in [2.75, 3.05) is 25.2 Å². The van der Waals surface area contributed by atoms with E-state index in [4.69, 9.17) is 10.8 Å². The summed E-state index contributed by atoms with van der Waals surface area (Å²) >= 11 is 1.40. The van der Waals surface area contributed by atoms with Gasteiger partial charge in [-0.1, -0.05) is 0 Å². The lowest BCUT2D eigenvalue weighted by atomic mass is 10.1. The fourth-order valence-corrected chi connectivity index (χ4v) is 2.33. The number of carboxylic acid groups (broad SMARTS) is 1. The van der Waals surface area contributed by atoms with Gasteiger partial charge in [0, 0.05) is 0 Å². The summed E-state index contributed by atoms with van der Waals surface area (Å²) in [7, 11) is 0. The Morgan fingerprint density at radius 3 is 2.12 bits per heavy atom. The molecule has 0 aliphatic heterocycles. The first kappa shape index (κ1) is 24.1. The van der Waals surface area contributed by atoms with Crippen LogP contribution in [-0.2, 0) is 19.2 Å². The first-order chi connectivity index (χ1) is 12.2. The molecule has 0 saturated carbocycles. The molecule has 0 spiro atoms. The molecular weight excluding hydrogens is 368 g/mol. The molecule has 8 N–H and O–H groups in total. The van der Waals surface area contributed by atoms with Crippen LogP contribution in [0.25, 0.3) is 0 Å². The molecular formula is C14H26N4O7S. The smallest absolute Gasteiger partial charge is 0.326 e. The third-order valence-electron chi connectivity index (χ3n) is 3.31. The summed E-state index contributed by atoms with van der Waals surface area (Å²) in [6.45, 7) is 0.0750. The molecule has 26 heavy (non-hydrogen) atoms. The average molecular weight is 394 g/mol. The second kappa shape index (κ2) is 12.5. The van der Waals surface area contributed by atoms with Crippen LogP contribution in [0.1, 0.15) is 13.3 Å². The quantitative estimate of drug-likeness (QED) is 0.177. The van der Waals surface area contributed by atoms with Gasteiger partial charge in [0.2, 0.25) is 17.7 Å². The first-order valence-electron chi connectivity index (χ1n) is 7.78. The van der Waals surface area contributed by atoms with E-state index >= 15 is 0 Å². The Balaban J connectivity index is 5.04. The van der Waals surface area contributed by atoms with Crippen molar-refractivity contribution in [3.8, 4) is 0 Å². The minimum atomic E-state index is -1.47. The van der Waals surface area contributed by atoms with Gasteiger partial charge in [0.15, 0.2) is 0 Å². The molecule has 0 rings (SSSR count). The second-order valence-electron chi connectivity index (χ2n) is 5.41. The summed E-state index contributed by atoms with van der Waals surface area (Å²) in [6.07, 6.45) is 0.595. The van der Waals surface area contributed by atoms with Gasteiger partial charge in [0.05, 0.1) is 19.3 Å². The van der Waals surface area contributed by atoms with Crippen molar-refractivity contribution >= 4 is 35.5 Å². The summed E-state index contributed by atoms with van der Waals surface area (Å²) in [5, 5.41) is 34.7. The molecule has 4 unspecified atom stereocenters. The molecule has 0 aromatic carbocycles. The van der Waals surface area contributed by atoms with Crippen molar-refractivity contribution in [1.82, 2.24) is 16.0 Å². The van der Waals surface area contributed by atoms with Gasteiger partial charge >= 0.3 is 5.97 Å². The highest BCUT2D eigenvalue weighted by molar-refractivity contribution is 7.98. The number of carbonyl (C=O) groups excluding carboxylic acids is 3. The van der Waals surface area contributed by atoms with E-state index in [0.717, 1.165) is 0 Å². The summed E-state index contributed by atoms with van der Waals surface area (Å²) in [5.41, 5.74) is 5.11. The number of hydrogen-bond acceptors (Lipinski definition) is 8. The summed E-state index contributed by atoms with van der Waals surface area (Å²) in [6, 6.07) is -4.02. The van der Waals surface area contributed by atoms with Crippen LogP contribution in [0.15, 0.2) is 0 Å². The van der Waals surface area contributed by atoms with Crippen molar-refractivity contribution in [3.63, 3.8) is 0 Å². The highest BCUT2D eigenvalue weighted by atomic mass is 32.2. The molecule has 3 amide bonds. The predicted molar refractivity (Wildman–Crippen MR) is 94.2 cm³/mol. The van der Waals surface area contributed by atoms with Crippen molar-refractivity contribution < 1.29 is 34.5 Å². The molecule has 0 heterocycles. The van der Waals surface area contributed by atoms with Crippen molar-refractivity contribution in [1.29, 1.82) is 0 Å². The Kier molecular flexibility index (Phi) is 11.6. The normalized spacial score (nSPS) is 15.3. The number of aliphatic hydroxyl groups is 2. The van der Waals surface area contributed by atoms with Crippen LogP contribution in [0.3, 0.4) is 0 Å². The van der Waals surface area contributed by atoms with E-state index < -0.39 is 61.1 Å². The van der Waals surface area contributed by atoms with Crippen molar-refractivity contribution in [2.45, 2.75) is 37.6 Å². The Morgan fingerprint density at radius 2 is 1.69 bits per heavy atom. The molecule has 0 radical (unpaired) electrons. The van der Waals surface area contributed by atoms with E-state index in [1.54, 1.807) is 6.26 Å².